The molecule has 1 fully saturated rings. The molecule has 1 atom stereocenters. The third kappa shape index (κ3) is 3.17. The van der Waals surface area contributed by atoms with E-state index in [1.165, 1.54) is 11.3 Å². The molecular weight excluding hydrogens is 222 g/mol. The molecule has 1 aromatic heterocycles. The van der Waals surface area contributed by atoms with Gasteiger partial charge in [0.2, 0.25) is 0 Å². The third-order valence-corrected chi connectivity index (χ3v) is 3.69. The molecule has 0 bridgehead atoms. The number of nitrogens with two attached hydrogens (primary N) is 1. The molecule has 0 radical (unpaired) electrons. The van der Waals surface area contributed by atoms with E-state index >= 15 is 0 Å². The number of nitrogen functional groups attached to an aromatic ring is 1. The van der Waals surface area contributed by atoms with Crippen molar-refractivity contribution in [1.82, 2.24) is 9.88 Å². The monoisotopic (exact) mass is 241 g/mol. The Hall–Kier alpha value is -0.650. The van der Waals surface area contributed by atoms with Crippen LogP contribution in [0.1, 0.15) is 18.2 Å². The maximum absolute atomic E-state index is 5.61. The highest BCUT2D eigenvalue weighted by atomic mass is 32.1. The topological polar surface area (TPSA) is 51.4 Å². The minimum Gasteiger partial charge on any atom is -0.381 e. The average Bonchev–Trinajstić information content (AvgIpc) is 2.86. The van der Waals surface area contributed by atoms with Gasteiger partial charge in [-0.25, -0.2) is 4.98 Å². The molecule has 1 aliphatic rings. The van der Waals surface area contributed by atoms with Crippen LogP contribution in [-0.4, -0.2) is 36.2 Å². The predicted molar refractivity (Wildman–Crippen MR) is 66.4 cm³/mol. The summed E-state index contributed by atoms with van der Waals surface area (Å²) in [6, 6.07) is 0. The van der Waals surface area contributed by atoms with Crippen LogP contribution in [0.3, 0.4) is 0 Å². The fraction of sp³-hybridized carbons (Fsp3) is 0.727. The summed E-state index contributed by atoms with van der Waals surface area (Å²) in [5.74, 6) is 0.699. The number of rotatable bonds is 5. The number of nitrogens with zero attached hydrogens (tertiary/aromatic N) is 2. The van der Waals surface area contributed by atoms with Crippen LogP contribution >= 0.6 is 11.3 Å². The van der Waals surface area contributed by atoms with Gasteiger partial charge in [-0.2, -0.15) is 0 Å². The van der Waals surface area contributed by atoms with Crippen molar-refractivity contribution >= 4 is 16.5 Å². The van der Waals surface area contributed by atoms with Crippen molar-refractivity contribution in [2.24, 2.45) is 5.92 Å². The Kier molecular flexibility index (Phi) is 4.15. The highest BCUT2D eigenvalue weighted by molar-refractivity contribution is 7.15. The van der Waals surface area contributed by atoms with Crippen molar-refractivity contribution in [3.63, 3.8) is 0 Å². The maximum Gasteiger partial charge on any atom is 0.180 e. The van der Waals surface area contributed by atoms with Gasteiger partial charge < -0.3 is 10.5 Å². The van der Waals surface area contributed by atoms with Gasteiger partial charge in [0.1, 0.15) is 0 Å². The lowest BCUT2D eigenvalue weighted by Crippen LogP contribution is -2.21. The van der Waals surface area contributed by atoms with Crippen LogP contribution in [0.4, 0.5) is 5.13 Å². The van der Waals surface area contributed by atoms with Gasteiger partial charge in [-0.3, -0.25) is 4.90 Å². The smallest absolute Gasteiger partial charge is 0.180 e. The quantitative estimate of drug-likeness (QED) is 0.850. The zero-order valence-electron chi connectivity index (χ0n) is 9.69. The molecule has 0 spiro atoms. The molecule has 0 aliphatic carbocycles. The molecule has 5 heteroatoms. The third-order valence-electron chi connectivity index (χ3n) is 2.88. The Morgan fingerprint density at radius 3 is 3.25 bits per heavy atom. The minimum atomic E-state index is 0.667. The van der Waals surface area contributed by atoms with Crippen LogP contribution in [0, 0.1) is 5.92 Å². The summed E-state index contributed by atoms with van der Waals surface area (Å²) in [7, 11) is 0. The Bertz CT molecular complexity index is 329. The molecule has 16 heavy (non-hydrogen) atoms. The van der Waals surface area contributed by atoms with Gasteiger partial charge in [0.05, 0.1) is 6.61 Å². The lowest BCUT2D eigenvalue weighted by molar-refractivity contribution is 0.112. The standard InChI is InChI=1S/C11H19N3OS/c1-2-15-8-9-3-4-14(6-9)7-10-5-13-11(12)16-10/h5,9H,2-4,6-8H2,1H3,(H2,12,13). The van der Waals surface area contributed by atoms with E-state index in [4.69, 9.17) is 10.5 Å². The average molecular weight is 241 g/mol. The van der Waals surface area contributed by atoms with Crippen molar-refractivity contribution in [3.05, 3.63) is 11.1 Å². The summed E-state index contributed by atoms with van der Waals surface area (Å²) in [6.07, 6.45) is 3.13. The Labute approximate surface area is 100 Å². The number of thiazole rings is 1. The first-order valence-corrected chi connectivity index (χ1v) is 6.60. The summed E-state index contributed by atoms with van der Waals surface area (Å²) < 4.78 is 5.46. The van der Waals surface area contributed by atoms with E-state index in [2.05, 4.69) is 9.88 Å². The maximum atomic E-state index is 5.61. The first-order valence-electron chi connectivity index (χ1n) is 5.78. The van der Waals surface area contributed by atoms with Crippen molar-refractivity contribution in [3.8, 4) is 0 Å². The molecule has 4 nitrogen and oxygen atoms in total. The van der Waals surface area contributed by atoms with E-state index < -0.39 is 0 Å². The van der Waals surface area contributed by atoms with Crippen LogP contribution < -0.4 is 5.73 Å². The largest absolute Gasteiger partial charge is 0.381 e. The van der Waals surface area contributed by atoms with Crippen LogP contribution in [0.25, 0.3) is 0 Å². The van der Waals surface area contributed by atoms with Gasteiger partial charge in [-0.05, 0) is 25.8 Å². The predicted octanol–water partition coefficient (Wildman–Crippen LogP) is 1.58. The molecule has 1 aromatic rings. The highest BCUT2D eigenvalue weighted by Crippen LogP contribution is 2.22. The first-order chi connectivity index (χ1) is 7.78. The van der Waals surface area contributed by atoms with Crippen LogP contribution in [-0.2, 0) is 11.3 Å². The van der Waals surface area contributed by atoms with Gasteiger partial charge in [-0.1, -0.05) is 0 Å². The van der Waals surface area contributed by atoms with Crippen molar-refractivity contribution < 1.29 is 4.74 Å². The normalized spacial score (nSPS) is 21.7. The summed E-state index contributed by atoms with van der Waals surface area (Å²) in [6.45, 7) is 7.05. The van der Waals surface area contributed by atoms with E-state index in [1.807, 2.05) is 13.1 Å². The molecule has 2 heterocycles. The summed E-state index contributed by atoms with van der Waals surface area (Å²) in [5, 5.41) is 0.667. The molecule has 1 unspecified atom stereocenters. The fourth-order valence-corrected chi connectivity index (χ4v) is 2.82. The number of aromatic nitrogens is 1. The van der Waals surface area contributed by atoms with E-state index in [0.29, 0.717) is 11.0 Å². The molecular formula is C11H19N3OS. The number of hydrogen-bond acceptors (Lipinski definition) is 5. The van der Waals surface area contributed by atoms with Gasteiger partial charge in [0.25, 0.3) is 0 Å². The fourth-order valence-electron chi connectivity index (χ4n) is 2.09. The molecule has 0 saturated carbocycles. The molecule has 1 aliphatic heterocycles. The molecule has 0 amide bonds. The van der Waals surface area contributed by atoms with E-state index in [9.17, 15) is 0 Å². The van der Waals surface area contributed by atoms with E-state index in [1.54, 1.807) is 11.3 Å². The van der Waals surface area contributed by atoms with Gasteiger partial charge in [0.15, 0.2) is 5.13 Å². The van der Waals surface area contributed by atoms with Gasteiger partial charge in [0, 0.05) is 30.8 Å². The summed E-state index contributed by atoms with van der Waals surface area (Å²) in [4.78, 5) is 7.79. The lowest BCUT2D eigenvalue weighted by Gasteiger charge is -2.14. The second-order valence-electron chi connectivity index (χ2n) is 4.21. The number of likely N-dealkylation sites (tertiary alicyclic amines) is 1. The molecule has 2 rings (SSSR count). The second kappa shape index (κ2) is 5.61. The molecule has 2 N–H and O–H groups in total. The van der Waals surface area contributed by atoms with Crippen molar-refractivity contribution in [2.75, 3.05) is 32.0 Å². The molecule has 1 saturated heterocycles. The Morgan fingerprint density at radius 1 is 1.69 bits per heavy atom. The van der Waals surface area contributed by atoms with E-state index in [-0.39, 0.29) is 0 Å². The zero-order valence-corrected chi connectivity index (χ0v) is 10.5. The molecule has 90 valence electrons. The Balaban J connectivity index is 1.76. The van der Waals surface area contributed by atoms with Gasteiger partial charge >= 0.3 is 0 Å². The molecule has 0 aromatic carbocycles. The van der Waals surface area contributed by atoms with Crippen LogP contribution in [0.5, 0.6) is 0 Å². The SMILES string of the molecule is CCOCC1CCN(Cc2cnc(N)s2)C1. The zero-order chi connectivity index (χ0) is 11.4. The van der Waals surface area contributed by atoms with Crippen LogP contribution in [0.15, 0.2) is 6.20 Å². The van der Waals surface area contributed by atoms with Gasteiger partial charge in [-0.15, -0.1) is 11.3 Å². The highest BCUT2D eigenvalue weighted by Gasteiger charge is 2.22. The van der Waals surface area contributed by atoms with Crippen LogP contribution in [0.2, 0.25) is 0 Å². The number of hydrogen-bond donors (Lipinski definition) is 1. The summed E-state index contributed by atoms with van der Waals surface area (Å²) in [5.41, 5.74) is 5.61. The van der Waals surface area contributed by atoms with Crippen molar-refractivity contribution in [2.45, 2.75) is 19.9 Å². The van der Waals surface area contributed by atoms with Crippen molar-refractivity contribution in [1.29, 1.82) is 0 Å². The number of anilines is 1. The second-order valence-corrected chi connectivity index (χ2v) is 5.36. The minimum absolute atomic E-state index is 0.667. The lowest BCUT2D eigenvalue weighted by atomic mass is 10.1. The number of ether oxygens (including phenoxy) is 1. The van der Waals surface area contributed by atoms with E-state index in [0.717, 1.165) is 32.8 Å². The Morgan fingerprint density at radius 2 is 2.56 bits per heavy atom. The summed E-state index contributed by atoms with van der Waals surface area (Å²) >= 11 is 1.59. The first kappa shape index (κ1) is 11.8.